The van der Waals surface area contributed by atoms with Crippen molar-refractivity contribution in [2.45, 2.75) is 0 Å². The minimum atomic E-state index is 1.15. The predicted octanol–water partition coefficient (Wildman–Crippen LogP) is 14.7. The summed E-state index contributed by atoms with van der Waals surface area (Å²) in [6, 6.07) is 76.0. The maximum Gasteiger partial charge on any atom is 0.0541 e. The van der Waals surface area contributed by atoms with Gasteiger partial charge in [-0.15, -0.1) is 0 Å². The smallest absolute Gasteiger partial charge is 0.0541 e. The van der Waals surface area contributed by atoms with Crippen LogP contribution < -0.4 is 0 Å². The van der Waals surface area contributed by atoms with Crippen molar-refractivity contribution in [3.63, 3.8) is 0 Å². The van der Waals surface area contributed by atoms with E-state index in [1.807, 2.05) is 0 Å². The molecule has 0 bridgehead atoms. The minimum Gasteiger partial charge on any atom is -0.309 e. The Hall–Kier alpha value is -7.42. The zero-order valence-corrected chi connectivity index (χ0v) is 30.5. The zero-order chi connectivity index (χ0) is 36.7. The van der Waals surface area contributed by atoms with Gasteiger partial charge in [-0.3, -0.25) is 0 Å². The van der Waals surface area contributed by atoms with Gasteiger partial charge in [0.2, 0.25) is 0 Å². The maximum absolute atomic E-state index is 2.44. The standard InChI is InChI=1S/C54H34N2/c1-2-15-36(16-3-1)53-45-30-28-40(56-51-24-12-8-20-43(51)44-21-9-13-25-52(44)56)34-48(45)54(38-27-26-35-14-4-5-17-37(35)32-38)46-31-29-39(33-47(46)53)55-49-22-10-6-18-41(49)42-19-7-11-23-50(42)55/h1-34H. The normalized spacial score (nSPS) is 11.9. The van der Waals surface area contributed by atoms with E-state index in [0.29, 0.717) is 0 Å². The highest BCUT2D eigenvalue weighted by atomic mass is 15.0. The molecule has 0 saturated carbocycles. The Morgan fingerprint density at radius 1 is 0.232 bits per heavy atom. The molecule has 0 fully saturated rings. The van der Waals surface area contributed by atoms with Crippen LogP contribution in [0.15, 0.2) is 206 Å². The van der Waals surface area contributed by atoms with Crippen LogP contribution in [0.4, 0.5) is 0 Å². The quantitative estimate of drug-likeness (QED) is 0.161. The van der Waals surface area contributed by atoms with Gasteiger partial charge in [0.25, 0.3) is 0 Å². The molecule has 2 nitrogen and oxygen atoms in total. The first-order chi connectivity index (χ1) is 27.8. The summed E-state index contributed by atoms with van der Waals surface area (Å²) in [6.45, 7) is 0. The second kappa shape index (κ2) is 12.0. The topological polar surface area (TPSA) is 9.86 Å². The van der Waals surface area contributed by atoms with Gasteiger partial charge < -0.3 is 9.13 Å². The minimum absolute atomic E-state index is 1.15. The van der Waals surface area contributed by atoms with Crippen LogP contribution in [-0.2, 0) is 0 Å². The molecule has 0 amide bonds. The van der Waals surface area contributed by atoms with Crippen molar-refractivity contribution in [3.05, 3.63) is 206 Å². The molecule has 56 heavy (non-hydrogen) atoms. The summed E-state index contributed by atoms with van der Waals surface area (Å²) in [6.07, 6.45) is 0. The first-order valence-corrected chi connectivity index (χ1v) is 19.4. The molecule has 2 aromatic heterocycles. The van der Waals surface area contributed by atoms with Crippen molar-refractivity contribution in [1.29, 1.82) is 0 Å². The Labute approximate surface area is 323 Å². The van der Waals surface area contributed by atoms with Gasteiger partial charge >= 0.3 is 0 Å². The second-order valence-electron chi connectivity index (χ2n) is 14.9. The van der Waals surface area contributed by atoms with Crippen LogP contribution in [0, 0.1) is 0 Å². The van der Waals surface area contributed by atoms with Crippen LogP contribution in [0.3, 0.4) is 0 Å². The predicted molar refractivity (Wildman–Crippen MR) is 239 cm³/mol. The fraction of sp³-hybridized carbons (Fsp3) is 0. The van der Waals surface area contributed by atoms with E-state index < -0.39 is 0 Å². The largest absolute Gasteiger partial charge is 0.309 e. The molecular formula is C54H34N2. The van der Waals surface area contributed by atoms with Crippen molar-refractivity contribution < 1.29 is 0 Å². The lowest BCUT2D eigenvalue weighted by atomic mass is 9.85. The van der Waals surface area contributed by atoms with Crippen molar-refractivity contribution in [1.82, 2.24) is 9.13 Å². The Morgan fingerprint density at radius 3 is 1.14 bits per heavy atom. The molecule has 10 aromatic carbocycles. The first kappa shape index (κ1) is 31.0. The number of hydrogen-bond acceptors (Lipinski definition) is 0. The van der Waals surface area contributed by atoms with E-state index in [1.165, 1.54) is 98.2 Å². The Kier molecular flexibility index (Phi) is 6.66. The summed E-state index contributed by atoms with van der Waals surface area (Å²) in [5.74, 6) is 0. The maximum atomic E-state index is 2.44. The third-order valence-corrected chi connectivity index (χ3v) is 11.9. The molecule has 2 heterocycles. The molecule has 0 spiro atoms. The lowest BCUT2D eigenvalue weighted by molar-refractivity contribution is 1.18. The molecule has 0 atom stereocenters. The summed E-state index contributed by atoms with van der Waals surface area (Å²) >= 11 is 0. The van der Waals surface area contributed by atoms with Crippen LogP contribution in [0.25, 0.3) is 110 Å². The van der Waals surface area contributed by atoms with Crippen LogP contribution in [0.2, 0.25) is 0 Å². The highest BCUT2D eigenvalue weighted by molar-refractivity contribution is 6.23. The number of fused-ring (bicyclic) bond motifs is 9. The average molecular weight is 711 g/mol. The average Bonchev–Trinajstić information content (AvgIpc) is 3.78. The van der Waals surface area contributed by atoms with Gasteiger partial charge in [0.15, 0.2) is 0 Å². The van der Waals surface area contributed by atoms with Crippen LogP contribution in [0.1, 0.15) is 0 Å². The molecule has 260 valence electrons. The van der Waals surface area contributed by atoms with Crippen LogP contribution in [0.5, 0.6) is 0 Å². The van der Waals surface area contributed by atoms with E-state index in [-0.39, 0.29) is 0 Å². The van der Waals surface area contributed by atoms with E-state index in [4.69, 9.17) is 0 Å². The van der Waals surface area contributed by atoms with Gasteiger partial charge in [-0.05, 0) is 109 Å². The van der Waals surface area contributed by atoms with E-state index in [0.717, 1.165) is 11.4 Å². The number of para-hydroxylation sites is 4. The lowest BCUT2D eigenvalue weighted by Crippen LogP contribution is -1.98. The van der Waals surface area contributed by atoms with Crippen molar-refractivity contribution >= 4 is 75.9 Å². The van der Waals surface area contributed by atoms with Gasteiger partial charge in [-0.25, -0.2) is 0 Å². The highest BCUT2D eigenvalue weighted by Crippen LogP contribution is 2.46. The SMILES string of the molecule is c1ccc(-c2c3ccc(-n4c5ccccc5c5ccccc54)cc3c(-c3ccc4ccccc4c3)c3ccc(-n4c5ccccc5c5ccccc54)cc23)cc1. The van der Waals surface area contributed by atoms with Crippen LogP contribution in [-0.4, -0.2) is 9.13 Å². The van der Waals surface area contributed by atoms with Crippen LogP contribution >= 0.6 is 0 Å². The van der Waals surface area contributed by atoms with Gasteiger partial charge in [0.05, 0.1) is 22.1 Å². The molecular weight excluding hydrogens is 677 g/mol. The van der Waals surface area contributed by atoms with Gasteiger partial charge in [0, 0.05) is 32.9 Å². The van der Waals surface area contributed by atoms with E-state index in [1.54, 1.807) is 0 Å². The zero-order valence-electron chi connectivity index (χ0n) is 30.5. The van der Waals surface area contributed by atoms with Crippen molar-refractivity contribution in [2.24, 2.45) is 0 Å². The van der Waals surface area contributed by atoms with Gasteiger partial charge in [-0.2, -0.15) is 0 Å². The van der Waals surface area contributed by atoms with E-state index in [9.17, 15) is 0 Å². The lowest BCUT2D eigenvalue weighted by Gasteiger charge is -2.21. The molecule has 0 radical (unpaired) electrons. The Balaban J connectivity index is 1.24. The van der Waals surface area contributed by atoms with Gasteiger partial charge in [-0.1, -0.05) is 152 Å². The summed E-state index contributed by atoms with van der Waals surface area (Å²) in [5, 5.41) is 12.5. The van der Waals surface area contributed by atoms with E-state index in [2.05, 4.69) is 215 Å². The molecule has 0 aliphatic carbocycles. The second-order valence-corrected chi connectivity index (χ2v) is 14.9. The summed E-state index contributed by atoms with van der Waals surface area (Å²) in [5.41, 5.74) is 12.0. The fourth-order valence-corrected chi connectivity index (χ4v) is 9.46. The Bertz CT molecular complexity index is 3420. The number of aromatic nitrogens is 2. The number of rotatable bonds is 4. The number of nitrogens with zero attached hydrogens (tertiary/aromatic N) is 2. The molecule has 0 aliphatic heterocycles. The Morgan fingerprint density at radius 2 is 0.643 bits per heavy atom. The van der Waals surface area contributed by atoms with Crippen molar-refractivity contribution in [3.8, 4) is 33.6 Å². The molecule has 0 unspecified atom stereocenters. The third kappa shape index (κ3) is 4.50. The number of hydrogen-bond donors (Lipinski definition) is 0. The molecule has 0 aliphatic rings. The number of benzene rings is 10. The molecule has 0 N–H and O–H groups in total. The molecule has 12 rings (SSSR count). The van der Waals surface area contributed by atoms with Crippen molar-refractivity contribution in [2.75, 3.05) is 0 Å². The highest BCUT2D eigenvalue weighted by Gasteiger charge is 2.21. The fourth-order valence-electron chi connectivity index (χ4n) is 9.46. The van der Waals surface area contributed by atoms with E-state index >= 15 is 0 Å². The first-order valence-electron chi connectivity index (χ1n) is 19.4. The summed E-state index contributed by atoms with van der Waals surface area (Å²) in [4.78, 5) is 0. The monoisotopic (exact) mass is 710 g/mol. The van der Waals surface area contributed by atoms with Gasteiger partial charge in [0.1, 0.15) is 0 Å². The summed E-state index contributed by atoms with van der Waals surface area (Å²) in [7, 11) is 0. The third-order valence-electron chi connectivity index (χ3n) is 11.9. The summed E-state index contributed by atoms with van der Waals surface area (Å²) < 4.78 is 4.87. The molecule has 2 heteroatoms. The molecule has 0 saturated heterocycles. The molecule has 12 aromatic rings.